The lowest BCUT2D eigenvalue weighted by atomic mass is 9.82. The van der Waals surface area contributed by atoms with Crippen LogP contribution in [0, 0.1) is 0 Å². The van der Waals surface area contributed by atoms with Crippen LogP contribution in [0.5, 0.6) is 0 Å². The van der Waals surface area contributed by atoms with Crippen molar-refractivity contribution in [2.24, 2.45) is 13.5 Å². The predicted molar refractivity (Wildman–Crippen MR) is 283 cm³/mol. The molecule has 0 amide bonds. The zero-order valence-corrected chi connectivity index (χ0v) is 64.5. The van der Waals surface area contributed by atoms with Crippen molar-refractivity contribution in [2.75, 3.05) is 86.4 Å². The van der Waals surface area contributed by atoms with E-state index in [9.17, 15) is 176 Å². The van der Waals surface area contributed by atoms with Crippen LogP contribution in [-0.2, 0) is 27.1 Å². The standard InChI is InChI=1S/C49H26F78N3O6P3/c50-1-14(57,2-51)26(77,78)37(99,100)40(105,106)34(93,94)23(71,72)11-134-138(132-9-21(67,68)32(89,90)29(83,84)16(59,4-53)27(79,80)18(61,62)6-55)128-137(133-10-22(69,70)33(91,92)39(103,104)30(85,86)17(60,5-54)47(119,120)121,131-8-20(65,66)15(58,3-52)28(81,82)38(101,102)31(87,88)19(63,64)7-56)129-139(130-138,135-12-24(73,74)35(95,96)41(107,108)43(111,112)45(115,116)48(122,123)124)136-13-25(75,76)36(97,98)42(109,110)44(113,114)46(117,118)49(125,126)127/h1-13H2. The van der Waals surface area contributed by atoms with Gasteiger partial charge in [0.2, 0.25) is 5.67 Å². The molecule has 1 aliphatic heterocycles. The van der Waals surface area contributed by atoms with Crippen molar-refractivity contribution in [1.29, 1.82) is 0 Å². The molecule has 0 radical (unpaired) electrons. The Balaban J connectivity index is 6.70. The fourth-order valence-electron chi connectivity index (χ4n) is 8.58. The minimum Gasteiger partial charge on any atom is -0.300 e. The van der Waals surface area contributed by atoms with Crippen LogP contribution in [0.25, 0.3) is 0 Å². The number of nitrogens with zero attached hydrogens (tertiary/aromatic N) is 3. The van der Waals surface area contributed by atoms with E-state index in [4.69, 9.17) is 0 Å². The summed E-state index contributed by atoms with van der Waals surface area (Å²) in [5.74, 6) is -280. The first-order valence-corrected chi connectivity index (χ1v) is 36.0. The van der Waals surface area contributed by atoms with E-state index in [1.54, 1.807) is 0 Å². The van der Waals surface area contributed by atoms with Gasteiger partial charge in [-0.1, -0.05) is 0 Å². The van der Waals surface area contributed by atoms with Gasteiger partial charge in [0, 0.05) is 0 Å². The molecule has 834 valence electrons. The molecule has 1 heterocycles. The van der Waals surface area contributed by atoms with E-state index >= 15 is 167 Å². The molecule has 90 heteroatoms. The summed E-state index contributed by atoms with van der Waals surface area (Å²) in [6.07, 6.45) is -26.8. The zero-order chi connectivity index (χ0) is 113. The molecule has 5 atom stereocenters. The summed E-state index contributed by atoms with van der Waals surface area (Å²) in [6, 6.07) is 0. The van der Waals surface area contributed by atoms with E-state index in [1.807, 2.05) is 0 Å². The monoisotopic (exact) mass is 2330 g/mol. The Bertz CT molecular complexity index is 4320. The number of hydrogen-bond acceptors (Lipinski definition) is 9. The maximum atomic E-state index is 16.4. The van der Waals surface area contributed by atoms with Crippen molar-refractivity contribution in [2.45, 2.75) is 213 Å². The second-order valence-corrected chi connectivity index (χ2v) is 33.5. The molecular formula is C49H26F78N3O6P3. The van der Waals surface area contributed by atoms with Crippen LogP contribution in [-0.4, -0.2) is 299 Å². The third kappa shape index (κ3) is 19.1. The van der Waals surface area contributed by atoms with Gasteiger partial charge in [-0.05, 0) is 0 Å². The van der Waals surface area contributed by atoms with Crippen molar-refractivity contribution < 1.29 is 370 Å². The summed E-state index contributed by atoms with van der Waals surface area (Å²) < 4.78 is 1170. The number of hydrogen-bond donors (Lipinski definition) is 0. The third-order valence-corrected chi connectivity index (χ3v) is 25.7. The molecule has 0 saturated carbocycles. The molecule has 0 bridgehead atoms. The molecule has 0 spiro atoms. The summed E-state index contributed by atoms with van der Waals surface area (Å²) in [7, 11) is -33.6. The van der Waals surface area contributed by atoms with Gasteiger partial charge >= 0.3 is 219 Å². The summed E-state index contributed by atoms with van der Waals surface area (Å²) in [4.78, 5) is 0. The van der Waals surface area contributed by atoms with Crippen molar-refractivity contribution in [3.63, 3.8) is 0 Å². The van der Waals surface area contributed by atoms with E-state index in [0.717, 1.165) is 0 Å². The highest BCUT2D eigenvalue weighted by atomic mass is 31.3. The minimum atomic E-state index is -11.2. The Kier molecular flexibility index (Phi) is 34.9. The van der Waals surface area contributed by atoms with Gasteiger partial charge in [-0.25, -0.2) is 57.1 Å². The average molecular weight is 2330 g/mol. The van der Waals surface area contributed by atoms with Crippen molar-refractivity contribution >= 4 is 23.0 Å². The Morgan fingerprint density at radius 2 is 0.288 bits per heavy atom. The average Bonchev–Trinajstić information content (AvgIpc) is 0.728. The van der Waals surface area contributed by atoms with Gasteiger partial charge in [0.05, 0.1) is 0 Å². The van der Waals surface area contributed by atoms with Gasteiger partial charge in [0.1, 0.15) is 73.0 Å². The molecule has 0 saturated heterocycles. The van der Waals surface area contributed by atoms with Crippen LogP contribution >= 0.6 is 23.0 Å². The molecule has 1 rings (SSSR count). The lowest BCUT2D eigenvalue weighted by Gasteiger charge is -2.44. The molecule has 0 aromatic heterocycles. The minimum absolute atomic E-state index is 0.534. The van der Waals surface area contributed by atoms with Crippen LogP contribution in [0.15, 0.2) is 13.5 Å². The number of alkyl halides is 78. The maximum absolute atomic E-state index is 16.4. The van der Waals surface area contributed by atoms with Crippen molar-refractivity contribution in [1.82, 2.24) is 0 Å². The maximum Gasteiger partial charge on any atom is 0.460 e. The van der Waals surface area contributed by atoms with Crippen molar-refractivity contribution in [3.05, 3.63) is 0 Å². The zero-order valence-electron chi connectivity index (χ0n) is 61.8. The van der Waals surface area contributed by atoms with Crippen LogP contribution in [0.4, 0.5) is 342 Å². The molecule has 9 nitrogen and oxygen atoms in total. The fourth-order valence-corrected chi connectivity index (χ4v) is 18.1. The lowest BCUT2D eigenvalue weighted by Crippen LogP contribution is -2.74. The first-order chi connectivity index (χ1) is 59.8. The molecule has 0 N–H and O–H groups in total. The van der Waals surface area contributed by atoms with Crippen LogP contribution in [0.2, 0.25) is 0 Å². The molecule has 0 fully saturated rings. The van der Waals surface area contributed by atoms with E-state index in [0.29, 0.717) is 13.5 Å². The van der Waals surface area contributed by atoms with Gasteiger partial charge in [-0.15, -0.1) is 13.5 Å². The molecule has 0 aromatic carbocycles. The van der Waals surface area contributed by atoms with E-state index < -0.39 is 322 Å². The molecule has 139 heavy (non-hydrogen) atoms. The van der Waals surface area contributed by atoms with Gasteiger partial charge < -0.3 is 0 Å². The Morgan fingerprint density at radius 3 is 0.475 bits per heavy atom. The topological polar surface area (TPSA) is 92.5 Å². The quantitative estimate of drug-likeness (QED) is 0.0445. The first-order valence-electron chi connectivity index (χ1n) is 31.4. The molecule has 0 aliphatic carbocycles. The molecular weight excluding hydrogens is 2300 g/mol. The molecule has 1 aliphatic rings. The fraction of sp³-hybridized carbons (Fsp3) is 1.00. The predicted octanol–water partition coefficient (Wildman–Crippen LogP) is 28.7. The number of halogens is 78. The van der Waals surface area contributed by atoms with Crippen LogP contribution in [0.3, 0.4) is 0 Å². The van der Waals surface area contributed by atoms with E-state index in [2.05, 4.69) is 27.1 Å². The number of rotatable bonds is 52. The van der Waals surface area contributed by atoms with Crippen LogP contribution < -0.4 is 0 Å². The highest BCUT2D eigenvalue weighted by Gasteiger charge is 2.98. The van der Waals surface area contributed by atoms with E-state index in [-0.39, 0.29) is 0 Å². The smallest absolute Gasteiger partial charge is 0.300 e. The van der Waals surface area contributed by atoms with Gasteiger partial charge in [-0.3, -0.25) is 27.1 Å². The van der Waals surface area contributed by atoms with Gasteiger partial charge in [-0.2, -0.15) is 285 Å². The second kappa shape index (κ2) is 36.8. The Labute approximate surface area is 706 Å². The third-order valence-electron chi connectivity index (χ3n) is 17.5. The summed E-state index contributed by atoms with van der Waals surface area (Å²) in [5.41, 5.74) is -34.2. The Hall–Kier alpha value is -5.01. The molecule has 0 aromatic rings. The highest BCUT2D eigenvalue weighted by Crippen LogP contribution is 2.83. The highest BCUT2D eigenvalue weighted by molar-refractivity contribution is 7.78. The largest absolute Gasteiger partial charge is 0.460 e. The SMILES string of the molecule is FCC(F)(F)C(F)(F)C(F)(F)C(F)(F)C(F)(CF)C(F)(F)COP1(OCC(F)(F)C(F)(F)C(F)(F)C(F)(F)C(F)(CF)C(F)(F)F)=NP(OCC(F)(F)C(F)(F)C(F)(F)C(F)(F)C(F)(F)C(F)(F)F)(OCC(F)(F)C(F)(F)C(F)(F)C(F)(F)C(F)(F)C(F)(F)F)=NP(OCC(F)(F)C(F)(F)C(F)(F)C(F)(F)C(F)(F)C(F)(CF)CF)(OCC(F)(F)C(F)(F)C(F)(F)C(F)(CF)C(F)(F)C(F)(F)CF)=N1. The van der Waals surface area contributed by atoms with Crippen molar-refractivity contribution in [3.8, 4) is 0 Å². The normalized spacial score (nSPS) is 20.6. The second-order valence-electron chi connectivity index (χ2n) is 26.9. The van der Waals surface area contributed by atoms with E-state index in [1.165, 1.54) is 0 Å². The lowest BCUT2D eigenvalue weighted by molar-refractivity contribution is -0.441. The molecule has 5 unspecified atom stereocenters. The van der Waals surface area contributed by atoms with Gasteiger partial charge in [0.15, 0.2) is 13.3 Å². The Morgan fingerprint density at radius 1 is 0.129 bits per heavy atom. The summed E-state index contributed by atoms with van der Waals surface area (Å²) >= 11 is 0. The summed E-state index contributed by atoms with van der Waals surface area (Å²) in [5, 5.41) is 0. The van der Waals surface area contributed by atoms with Crippen LogP contribution in [0.1, 0.15) is 0 Å². The van der Waals surface area contributed by atoms with Gasteiger partial charge in [0.25, 0.3) is 11.3 Å². The summed E-state index contributed by atoms with van der Waals surface area (Å²) in [6.45, 7) is -75.3. The first kappa shape index (κ1) is 132.